The maximum Gasteiger partial charge on any atom is 0.573 e. The van der Waals surface area contributed by atoms with Crippen LogP contribution in [0.2, 0.25) is 0 Å². The lowest BCUT2D eigenvalue weighted by molar-refractivity contribution is -0.393. The van der Waals surface area contributed by atoms with Crippen molar-refractivity contribution in [2.75, 3.05) is 7.11 Å². The van der Waals surface area contributed by atoms with Gasteiger partial charge < -0.3 is 19.6 Å². The highest BCUT2D eigenvalue weighted by Gasteiger charge is 2.38. The molecule has 0 saturated heterocycles. The summed E-state index contributed by atoms with van der Waals surface area (Å²) in [5, 5.41) is 9.44. The van der Waals surface area contributed by atoms with E-state index in [4.69, 9.17) is 11.6 Å². The number of halogens is 4. The molecule has 1 heterocycles. The molecule has 0 amide bonds. The van der Waals surface area contributed by atoms with Crippen LogP contribution in [0.5, 0.6) is 11.5 Å². The van der Waals surface area contributed by atoms with E-state index in [1.165, 1.54) is 0 Å². The van der Waals surface area contributed by atoms with Crippen molar-refractivity contribution < 1.29 is 32.4 Å². The molecule has 7 nitrogen and oxygen atoms in total. The average molecular weight is 301 g/mol. The zero-order valence-corrected chi connectivity index (χ0v) is 9.78. The van der Waals surface area contributed by atoms with E-state index in [0.29, 0.717) is 6.07 Å². The third-order valence-electron chi connectivity index (χ3n) is 1.73. The predicted molar refractivity (Wildman–Crippen MR) is 54.3 cm³/mol. The summed E-state index contributed by atoms with van der Waals surface area (Å²) < 4.78 is 44.4. The van der Waals surface area contributed by atoms with Gasteiger partial charge in [-0.25, -0.2) is 0 Å². The Balaban J connectivity index is 3.49. The number of nitro groups is 1. The minimum atomic E-state index is -5.19. The molecule has 0 bridgehead atoms. The van der Waals surface area contributed by atoms with Gasteiger partial charge in [-0.05, 0) is 21.5 Å². The standard InChI is InChI=1S/C8H4ClF3N2O5/c1-18-4-2-3(6(9)15)13-7(14(16)17)5(4)19-8(10,11)12/h2H,1H3. The summed E-state index contributed by atoms with van der Waals surface area (Å²) in [5.41, 5.74) is -0.639. The van der Waals surface area contributed by atoms with Crippen molar-refractivity contribution in [1.29, 1.82) is 0 Å². The SMILES string of the molecule is COc1cc(C(=O)Cl)nc([N+](=O)[O-])c1OC(F)(F)F. The Morgan fingerprint density at radius 1 is 1.53 bits per heavy atom. The second kappa shape index (κ2) is 5.26. The molecule has 1 rings (SSSR count). The van der Waals surface area contributed by atoms with Gasteiger partial charge in [0.25, 0.3) is 11.0 Å². The van der Waals surface area contributed by atoms with Crippen molar-refractivity contribution in [3.8, 4) is 11.5 Å². The lowest BCUT2D eigenvalue weighted by Gasteiger charge is -2.11. The van der Waals surface area contributed by atoms with Crippen LogP contribution >= 0.6 is 11.6 Å². The number of hydrogen-bond donors (Lipinski definition) is 0. The normalized spacial score (nSPS) is 11.0. The number of carbonyl (C=O) groups is 1. The highest BCUT2D eigenvalue weighted by Crippen LogP contribution is 2.39. The van der Waals surface area contributed by atoms with Crippen molar-refractivity contribution in [2.24, 2.45) is 0 Å². The molecule has 0 atom stereocenters. The van der Waals surface area contributed by atoms with E-state index < -0.39 is 39.5 Å². The summed E-state index contributed by atoms with van der Waals surface area (Å²) in [6, 6.07) is 0.698. The zero-order valence-electron chi connectivity index (χ0n) is 9.02. The molecule has 104 valence electrons. The molecule has 0 radical (unpaired) electrons. The lowest BCUT2D eigenvalue weighted by Crippen LogP contribution is -2.19. The van der Waals surface area contributed by atoms with Gasteiger partial charge in [-0.2, -0.15) is 0 Å². The number of aromatic nitrogens is 1. The fraction of sp³-hybridized carbons (Fsp3) is 0.250. The van der Waals surface area contributed by atoms with Crippen molar-refractivity contribution in [3.63, 3.8) is 0 Å². The van der Waals surface area contributed by atoms with Gasteiger partial charge in [0.15, 0.2) is 5.75 Å². The first-order valence-corrected chi connectivity index (χ1v) is 4.72. The van der Waals surface area contributed by atoms with E-state index in [9.17, 15) is 28.1 Å². The maximum atomic E-state index is 12.1. The van der Waals surface area contributed by atoms with E-state index in [1.807, 2.05) is 0 Å². The van der Waals surface area contributed by atoms with Gasteiger partial charge in [0.1, 0.15) is 0 Å². The number of pyridine rings is 1. The van der Waals surface area contributed by atoms with E-state index >= 15 is 0 Å². The van der Waals surface area contributed by atoms with Crippen LogP contribution in [0.15, 0.2) is 6.07 Å². The Morgan fingerprint density at radius 3 is 2.47 bits per heavy atom. The Bertz CT molecular complexity index is 534. The first-order chi connectivity index (χ1) is 8.65. The van der Waals surface area contributed by atoms with Crippen molar-refractivity contribution in [2.45, 2.75) is 6.36 Å². The summed E-state index contributed by atoms with van der Waals surface area (Å²) in [5.74, 6) is -3.29. The number of ether oxygens (including phenoxy) is 2. The number of nitrogens with zero attached hydrogens (tertiary/aromatic N) is 2. The summed E-state index contributed by atoms with van der Waals surface area (Å²) >= 11 is 5.05. The molecule has 0 N–H and O–H groups in total. The van der Waals surface area contributed by atoms with Gasteiger partial charge in [-0.15, -0.1) is 13.2 Å². The minimum absolute atomic E-state index is 0.639. The van der Waals surface area contributed by atoms with Crippen LogP contribution in [-0.4, -0.2) is 28.6 Å². The second-order valence-corrected chi connectivity index (χ2v) is 3.28. The zero-order chi connectivity index (χ0) is 14.8. The number of hydrogen-bond acceptors (Lipinski definition) is 6. The number of methoxy groups -OCH3 is 1. The summed E-state index contributed by atoms with van der Waals surface area (Å²) in [6.07, 6.45) is -5.19. The molecular weight excluding hydrogens is 297 g/mol. The number of alkyl halides is 3. The Hall–Kier alpha value is -2.10. The lowest BCUT2D eigenvalue weighted by atomic mass is 10.3. The Labute approximate surface area is 108 Å². The average Bonchev–Trinajstić information content (AvgIpc) is 2.26. The van der Waals surface area contributed by atoms with E-state index in [-0.39, 0.29) is 0 Å². The topological polar surface area (TPSA) is 91.6 Å². The van der Waals surface area contributed by atoms with Crippen LogP contribution in [0.3, 0.4) is 0 Å². The van der Waals surface area contributed by atoms with Gasteiger partial charge in [0, 0.05) is 6.07 Å². The molecule has 1 aromatic rings. The first-order valence-electron chi connectivity index (χ1n) is 4.34. The fourth-order valence-corrected chi connectivity index (χ4v) is 1.18. The Kier molecular flexibility index (Phi) is 4.14. The quantitative estimate of drug-likeness (QED) is 0.481. The second-order valence-electron chi connectivity index (χ2n) is 2.94. The van der Waals surface area contributed by atoms with Gasteiger partial charge >= 0.3 is 12.2 Å². The van der Waals surface area contributed by atoms with Crippen LogP contribution in [0.4, 0.5) is 19.0 Å². The van der Waals surface area contributed by atoms with Crippen molar-refractivity contribution in [1.82, 2.24) is 4.98 Å². The number of rotatable bonds is 4. The first kappa shape index (κ1) is 15.0. The van der Waals surface area contributed by atoms with Crippen LogP contribution in [0.1, 0.15) is 10.5 Å². The third-order valence-corrected chi connectivity index (χ3v) is 1.93. The molecule has 0 aliphatic rings. The Morgan fingerprint density at radius 2 is 2.11 bits per heavy atom. The van der Waals surface area contributed by atoms with Crippen LogP contribution < -0.4 is 9.47 Å². The molecule has 0 aromatic carbocycles. The van der Waals surface area contributed by atoms with Crippen LogP contribution in [-0.2, 0) is 0 Å². The largest absolute Gasteiger partial charge is 0.573 e. The third kappa shape index (κ3) is 3.68. The molecule has 1 aromatic heterocycles. The summed E-state index contributed by atoms with van der Waals surface area (Å²) in [4.78, 5) is 23.3. The predicted octanol–water partition coefficient (Wildman–Crippen LogP) is 2.28. The monoisotopic (exact) mass is 300 g/mol. The van der Waals surface area contributed by atoms with Crippen molar-refractivity contribution in [3.05, 3.63) is 21.9 Å². The van der Waals surface area contributed by atoms with Gasteiger partial charge in [-0.1, -0.05) is 0 Å². The summed E-state index contributed by atoms with van der Waals surface area (Å²) in [7, 11) is 0.935. The van der Waals surface area contributed by atoms with E-state index in [1.54, 1.807) is 0 Å². The summed E-state index contributed by atoms with van der Waals surface area (Å²) in [6.45, 7) is 0. The fourth-order valence-electron chi connectivity index (χ4n) is 1.08. The number of carbonyl (C=O) groups excluding carboxylic acids is 1. The van der Waals surface area contributed by atoms with Gasteiger partial charge in [0.2, 0.25) is 5.69 Å². The highest BCUT2D eigenvalue weighted by molar-refractivity contribution is 6.67. The maximum absolute atomic E-state index is 12.1. The molecule has 19 heavy (non-hydrogen) atoms. The van der Waals surface area contributed by atoms with Crippen molar-refractivity contribution >= 4 is 22.7 Å². The molecule has 0 spiro atoms. The van der Waals surface area contributed by atoms with Gasteiger partial charge in [-0.3, -0.25) is 4.79 Å². The molecule has 11 heteroatoms. The van der Waals surface area contributed by atoms with Crippen LogP contribution in [0, 0.1) is 10.1 Å². The van der Waals surface area contributed by atoms with Gasteiger partial charge in [0.05, 0.1) is 7.11 Å². The molecule has 0 aliphatic heterocycles. The van der Waals surface area contributed by atoms with Crippen LogP contribution in [0.25, 0.3) is 0 Å². The molecule has 0 fully saturated rings. The highest BCUT2D eigenvalue weighted by atomic mass is 35.5. The van der Waals surface area contributed by atoms with E-state index in [2.05, 4.69) is 14.5 Å². The molecule has 0 saturated carbocycles. The minimum Gasteiger partial charge on any atom is -0.492 e. The molecular formula is C8H4ClF3N2O5. The smallest absolute Gasteiger partial charge is 0.492 e. The molecule has 0 unspecified atom stereocenters. The van der Waals surface area contributed by atoms with E-state index in [0.717, 1.165) is 7.11 Å². The molecule has 0 aliphatic carbocycles.